The predicted octanol–water partition coefficient (Wildman–Crippen LogP) is 9.08. The van der Waals surface area contributed by atoms with Crippen LogP contribution < -0.4 is 0 Å². The first-order valence-corrected chi connectivity index (χ1v) is 10.0. The maximum absolute atomic E-state index is 6.77. The topological polar surface area (TPSA) is 0 Å². The Morgan fingerprint density at radius 3 is 2.04 bits per heavy atom. The van der Waals surface area contributed by atoms with Crippen LogP contribution in [0.15, 0.2) is 55.1 Å². The fraction of sp³-hybridized carbons (Fsp3) is 0.0435. The third-order valence-corrected chi connectivity index (χ3v) is 7.00. The summed E-state index contributed by atoms with van der Waals surface area (Å²) in [7, 11) is 0. The molecule has 0 aliphatic rings. The molecule has 132 valence electrons. The van der Waals surface area contributed by atoms with Gasteiger partial charge in [-0.2, -0.15) is 0 Å². The monoisotopic (exact) mass is 428 g/mol. The van der Waals surface area contributed by atoms with Crippen molar-refractivity contribution in [3.63, 3.8) is 0 Å². The van der Waals surface area contributed by atoms with Crippen molar-refractivity contribution in [1.82, 2.24) is 0 Å². The molecule has 5 aromatic rings. The van der Waals surface area contributed by atoms with Gasteiger partial charge in [0.2, 0.25) is 0 Å². The van der Waals surface area contributed by atoms with Crippen molar-refractivity contribution in [3.05, 3.63) is 80.8 Å². The van der Waals surface area contributed by atoms with Crippen molar-refractivity contribution in [2.45, 2.75) is 6.42 Å². The molecule has 0 nitrogen and oxygen atoms in total. The van der Waals surface area contributed by atoms with E-state index in [9.17, 15) is 0 Å². The van der Waals surface area contributed by atoms with Gasteiger partial charge in [-0.25, -0.2) is 0 Å². The van der Waals surface area contributed by atoms with Gasteiger partial charge in [0.25, 0.3) is 0 Å². The van der Waals surface area contributed by atoms with Crippen LogP contribution in [0.3, 0.4) is 0 Å². The smallest absolute Gasteiger partial charge is 0.0791 e. The zero-order valence-electron chi connectivity index (χ0n) is 14.0. The zero-order valence-corrected chi connectivity index (χ0v) is 17.1. The third kappa shape index (κ3) is 2.25. The summed E-state index contributed by atoms with van der Waals surface area (Å²) in [6.45, 7) is 3.85. The van der Waals surface area contributed by atoms with Crippen molar-refractivity contribution in [1.29, 1.82) is 0 Å². The van der Waals surface area contributed by atoms with Gasteiger partial charge in [-0.1, -0.05) is 88.9 Å². The van der Waals surface area contributed by atoms with Crippen molar-refractivity contribution < 1.29 is 0 Å². The normalized spacial score (nSPS) is 12.0. The van der Waals surface area contributed by atoms with Crippen LogP contribution in [0.4, 0.5) is 0 Å². The first-order chi connectivity index (χ1) is 13.0. The molecule has 0 aliphatic heterocycles. The Bertz CT molecular complexity index is 1390. The summed E-state index contributed by atoms with van der Waals surface area (Å²) >= 11 is 26.7. The van der Waals surface area contributed by atoms with Gasteiger partial charge in [0.1, 0.15) is 0 Å². The van der Waals surface area contributed by atoms with Crippen LogP contribution >= 0.6 is 46.4 Å². The van der Waals surface area contributed by atoms with Crippen molar-refractivity contribution in [3.8, 4) is 0 Å². The van der Waals surface area contributed by atoms with Gasteiger partial charge in [-0.15, -0.1) is 6.58 Å². The van der Waals surface area contributed by atoms with E-state index >= 15 is 0 Å². The van der Waals surface area contributed by atoms with Crippen LogP contribution in [0.1, 0.15) is 5.56 Å². The number of hydrogen-bond acceptors (Lipinski definition) is 0. The van der Waals surface area contributed by atoms with Crippen molar-refractivity contribution in [2.75, 3.05) is 0 Å². The molecule has 0 bridgehead atoms. The van der Waals surface area contributed by atoms with Crippen LogP contribution in [-0.4, -0.2) is 0 Å². The van der Waals surface area contributed by atoms with Crippen molar-refractivity contribution in [2.24, 2.45) is 0 Å². The second-order valence-electron chi connectivity index (χ2n) is 6.67. The lowest BCUT2D eigenvalue weighted by Crippen LogP contribution is -1.93. The van der Waals surface area contributed by atoms with Crippen LogP contribution in [0, 0.1) is 0 Å². The third-order valence-electron chi connectivity index (χ3n) is 5.24. The largest absolute Gasteiger partial charge is 0.103 e. The summed E-state index contributed by atoms with van der Waals surface area (Å²) in [6.07, 6.45) is 2.48. The number of rotatable bonds is 2. The summed E-state index contributed by atoms with van der Waals surface area (Å²) in [5.74, 6) is 0. The summed E-state index contributed by atoms with van der Waals surface area (Å²) < 4.78 is 0. The van der Waals surface area contributed by atoms with Crippen LogP contribution in [-0.2, 0) is 6.42 Å². The highest BCUT2D eigenvalue weighted by molar-refractivity contribution is 6.57. The van der Waals surface area contributed by atoms with E-state index in [0.29, 0.717) is 26.5 Å². The van der Waals surface area contributed by atoms with E-state index in [4.69, 9.17) is 46.4 Å². The molecular formula is C23H12Cl4. The fourth-order valence-electron chi connectivity index (χ4n) is 4.15. The number of allylic oxidation sites excluding steroid dienone is 1. The molecule has 0 saturated heterocycles. The van der Waals surface area contributed by atoms with E-state index in [2.05, 4.69) is 43.0 Å². The van der Waals surface area contributed by atoms with Crippen LogP contribution in [0.25, 0.3) is 43.1 Å². The molecule has 0 aromatic heterocycles. The molecule has 0 amide bonds. The van der Waals surface area contributed by atoms with E-state index in [1.54, 1.807) is 0 Å². The maximum Gasteiger partial charge on any atom is 0.0791 e. The zero-order chi connectivity index (χ0) is 18.9. The molecular weight excluding hydrogens is 418 g/mol. The minimum atomic E-state index is 0.334. The fourth-order valence-corrected chi connectivity index (χ4v) is 5.33. The molecule has 0 aliphatic carbocycles. The quantitative estimate of drug-likeness (QED) is 0.113. The Labute approximate surface area is 176 Å². The van der Waals surface area contributed by atoms with E-state index in [1.807, 2.05) is 12.1 Å². The molecule has 5 rings (SSSR count). The SMILES string of the molecule is C=CCc1cc2c3cccc4cccc(c5c(Cl)c(Cl)c(Cl)c(c1Cl)c25)c43. The van der Waals surface area contributed by atoms with Gasteiger partial charge in [0.05, 0.1) is 20.1 Å². The van der Waals surface area contributed by atoms with Crippen LogP contribution in [0.5, 0.6) is 0 Å². The highest BCUT2D eigenvalue weighted by Gasteiger charge is 2.23. The lowest BCUT2D eigenvalue weighted by atomic mass is 9.88. The first-order valence-electron chi connectivity index (χ1n) is 8.49. The lowest BCUT2D eigenvalue weighted by molar-refractivity contribution is 1.30. The Morgan fingerprint density at radius 2 is 1.33 bits per heavy atom. The summed E-state index contributed by atoms with van der Waals surface area (Å²) in [4.78, 5) is 0. The molecule has 0 heterocycles. The second kappa shape index (κ2) is 6.15. The average Bonchev–Trinajstić information content (AvgIpc) is 2.67. The highest BCUT2D eigenvalue weighted by Crippen LogP contribution is 2.51. The highest BCUT2D eigenvalue weighted by atomic mass is 35.5. The van der Waals surface area contributed by atoms with Gasteiger partial charge in [0, 0.05) is 16.2 Å². The van der Waals surface area contributed by atoms with Crippen molar-refractivity contribution >= 4 is 89.5 Å². The second-order valence-corrected chi connectivity index (χ2v) is 8.18. The van der Waals surface area contributed by atoms with E-state index in [-0.39, 0.29) is 0 Å². The van der Waals surface area contributed by atoms with E-state index < -0.39 is 0 Å². The summed E-state index contributed by atoms with van der Waals surface area (Å²) in [5, 5.41) is 10.0. The number of fused-ring (bicyclic) bond motifs is 2. The molecule has 0 N–H and O–H groups in total. The number of benzene rings is 5. The van der Waals surface area contributed by atoms with E-state index in [0.717, 1.165) is 43.3 Å². The van der Waals surface area contributed by atoms with Gasteiger partial charge in [0.15, 0.2) is 0 Å². The average molecular weight is 430 g/mol. The molecule has 0 fully saturated rings. The lowest BCUT2D eigenvalue weighted by Gasteiger charge is -2.19. The van der Waals surface area contributed by atoms with Gasteiger partial charge in [-0.3, -0.25) is 0 Å². The van der Waals surface area contributed by atoms with Gasteiger partial charge >= 0.3 is 0 Å². The standard InChI is InChI=1S/C23H12Cl4/c1-2-5-12-10-15-13-8-3-6-11-7-4-9-14(16(11)13)18-17(15)19(20(12)24)22(26)23(27)21(18)25/h2-4,6-10H,1,5H2. The maximum atomic E-state index is 6.77. The molecule has 5 aromatic carbocycles. The molecule has 0 saturated carbocycles. The Balaban J connectivity index is 2.25. The Morgan fingerprint density at radius 1 is 0.667 bits per heavy atom. The Kier molecular flexibility index (Phi) is 3.97. The molecule has 0 unspecified atom stereocenters. The molecule has 0 spiro atoms. The van der Waals surface area contributed by atoms with Gasteiger partial charge < -0.3 is 0 Å². The molecule has 4 heteroatoms. The first kappa shape index (κ1) is 17.4. The Hall–Kier alpha value is -1.70. The van der Waals surface area contributed by atoms with E-state index in [1.165, 1.54) is 5.39 Å². The van der Waals surface area contributed by atoms with Crippen LogP contribution in [0.2, 0.25) is 20.1 Å². The molecule has 27 heavy (non-hydrogen) atoms. The van der Waals surface area contributed by atoms with Gasteiger partial charge in [-0.05, 0) is 45.0 Å². The summed E-state index contributed by atoms with van der Waals surface area (Å²) in [6, 6.07) is 14.6. The molecule has 0 radical (unpaired) electrons. The number of halogens is 4. The molecule has 0 atom stereocenters. The number of hydrogen-bond donors (Lipinski definition) is 0. The summed E-state index contributed by atoms with van der Waals surface area (Å²) in [5.41, 5.74) is 0.969. The minimum absolute atomic E-state index is 0.334. The minimum Gasteiger partial charge on any atom is -0.103 e. The predicted molar refractivity (Wildman–Crippen MR) is 122 cm³/mol.